The molecule has 96 valence electrons. The minimum Gasteiger partial charge on any atom is -0.477 e. The van der Waals surface area contributed by atoms with Crippen molar-refractivity contribution >= 4 is 27.3 Å². The quantitative estimate of drug-likeness (QED) is 0.890. The van der Waals surface area contributed by atoms with Crippen LogP contribution in [-0.4, -0.2) is 37.4 Å². The van der Waals surface area contributed by atoms with Gasteiger partial charge < -0.3 is 5.11 Å². The average Bonchev–Trinajstić information content (AvgIpc) is 2.61. The maximum Gasteiger partial charge on any atom is 0.347 e. The van der Waals surface area contributed by atoms with E-state index in [1.165, 1.54) is 11.4 Å². The summed E-state index contributed by atoms with van der Waals surface area (Å²) in [5.74, 6) is -1.20. The SMILES string of the molecule is CCCN(C)S(=O)(=O)c1c(C)csc1C(=O)O. The highest BCUT2D eigenvalue weighted by atomic mass is 32.2. The summed E-state index contributed by atoms with van der Waals surface area (Å²) in [5.41, 5.74) is 0.482. The molecular weight excluding hydrogens is 262 g/mol. The van der Waals surface area contributed by atoms with Gasteiger partial charge in [0.15, 0.2) is 0 Å². The molecule has 0 radical (unpaired) electrons. The van der Waals surface area contributed by atoms with Gasteiger partial charge in [-0.25, -0.2) is 17.5 Å². The van der Waals surface area contributed by atoms with Gasteiger partial charge in [0, 0.05) is 13.6 Å². The second-order valence-corrected chi connectivity index (χ2v) is 6.57. The van der Waals surface area contributed by atoms with Crippen LogP contribution in [0, 0.1) is 6.92 Å². The molecule has 0 saturated heterocycles. The predicted molar refractivity (Wildman–Crippen MR) is 66.1 cm³/mol. The van der Waals surface area contributed by atoms with Crippen molar-refractivity contribution in [3.8, 4) is 0 Å². The molecule has 0 unspecified atom stereocenters. The molecule has 17 heavy (non-hydrogen) atoms. The fraction of sp³-hybridized carbons (Fsp3) is 0.500. The first-order chi connectivity index (χ1) is 7.82. The Labute approximate surface area is 105 Å². The van der Waals surface area contributed by atoms with Crippen LogP contribution in [0.15, 0.2) is 10.3 Å². The summed E-state index contributed by atoms with van der Waals surface area (Å²) in [7, 11) is -2.24. The monoisotopic (exact) mass is 277 g/mol. The maximum atomic E-state index is 12.2. The van der Waals surface area contributed by atoms with Gasteiger partial charge in [0.05, 0.1) is 0 Å². The van der Waals surface area contributed by atoms with Crippen LogP contribution in [0.1, 0.15) is 28.6 Å². The first kappa shape index (κ1) is 14.1. The Bertz CT molecular complexity index is 518. The van der Waals surface area contributed by atoms with Gasteiger partial charge in [-0.15, -0.1) is 11.3 Å². The summed E-state index contributed by atoms with van der Waals surface area (Å²) >= 11 is 0.941. The minimum atomic E-state index is -3.70. The highest BCUT2D eigenvalue weighted by Crippen LogP contribution is 2.29. The fourth-order valence-corrected chi connectivity index (χ4v) is 4.33. The van der Waals surface area contributed by atoms with Gasteiger partial charge in [-0.3, -0.25) is 0 Å². The van der Waals surface area contributed by atoms with Gasteiger partial charge in [0.25, 0.3) is 0 Å². The Hall–Kier alpha value is -0.920. The number of aromatic carboxylic acids is 1. The number of nitrogens with zero attached hydrogens (tertiary/aromatic N) is 1. The molecule has 0 saturated carbocycles. The minimum absolute atomic E-state index is 0.0778. The lowest BCUT2D eigenvalue weighted by molar-refractivity contribution is 0.0698. The van der Waals surface area contributed by atoms with Crippen molar-refractivity contribution < 1.29 is 18.3 Å². The molecule has 1 rings (SSSR count). The highest BCUT2D eigenvalue weighted by molar-refractivity contribution is 7.89. The summed E-state index contributed by atoms with van der Waals surface area (Å²) in [6.45, 7) is 3.84. The van der Waals surface area contributed by atoms with Crippen LogP contribution in [0.3, 0.4) is 0 Å². The number of carbonyl (C=O) groups is 1. The van der Waals surface area contributed by atoms with Gasteiger partial charge in [-0.05, 0) is 24.3 Å². The predicted octanol–water partition coefficient (Wildman–Crippen LogP) is 1.79. The van der Waals surface area contributed by atoms with Gasteiger partial charge in [-0.2, -0.15) is 0 Å². The third-order valence-electron chi connectivity index (χ3n) is 2.32. The lowest BCUT2D eigenvalue weighted by Crippen LogP contribution is -2.28. The lowest BCUT2D eigenvalue weighted by atomic mass is 10.3. The summed E-state index contributed by atoms with van der Waals surface area (Å²) in [4.78, 5) is 10.8. The van der Waals surface area contributed by atoms with Crippen LogP contribution in [0.4, 0.5) is 0 Å². The molecule has 0 aliphatic carbocycles. The van der Waals surface area contributed by atoms with Crippen molar-refractivity contribution in [1.29, 1.82) is 0 Å². The summed E-state index contributed by atoms with van der Waals surface area (Å²) in [6, 6.07) is 0. The average molecular weight is 277 g/mol. The van der Waals surface area contributed by atoms with E-state index in [0.717, 1.165) is 11.3 Å². The number of carboxylic acids is 1. The van der Waals surface area contributed by atoms with E-state index in [-0.39, 0.29) is 9.77 Å². The van der Waals surface area contributed by atoms with Gasteiger partial charge >= 0.3 is 5.97 Å². The zero-order valence-corrected chi connectivity index (χ0v) is 11.6. The molecule has 7 heteroatoms. The molecular formula is C10H15NO4S2. The van der Waals surface area contributed by atoms with E-state index in [4.69, 9.17) is 5.11 Å². The normalized spacial score (nSPS) is 12.0. The third kappa shape index (κ3) is 2.67. The standard InChI is InChI=1S/C10H15NO4S2/c1-4-5-11(3)17(14,15)9-7(2)6-16-8(9)10(12)13/h6H,4-5H2,1-3H3,(H,12,13). The summed E-state index contributed by atoms with van der Waals surface area (Å²) in [5, 5.41) is 10.5. The van der Waals surface area contributed by atoms with E-state index in [1.807, 2.05) is 6.92 Å². The number of thiophene rings is 1. The number of carboxylic acid groups (broad SMARTS) is 1. The van der Waals surface area contributed by atoms with Crippen LogP contribution >= 0.6 is 11.3 Å². The Morgan fingerprint density at radius 3 is 2.59 bits per heavy atom. The Kier molecular flexibility index (Phi) is 4.29. The van der Waals surface area contributed by atoms with Crippen LogP contribution < -0.4 is 0 Å². The van der Waals surface area contributed by atoms with E-state index in [9.17, 15) is 13.2 Å². The zero-order chi connectivity index (χ0) is 13.2. The Morgan fingerprint density at radius 2 is 2.12 bits per heavy atom. The fourth-order valence-electron chi connectivity index (χ4n) is 1.49. The van der Waals surface area contributed by atoms with Crippen molar-refractivity contribution in [2.75, 3.05) is 13.6 Å². The van der Waals surface area contributed by atoms with Crippen molar-refractivity contribution in [2.45, 2.75) is 25.2 Å². The molecule has 1 aromatic heterocycles. The summed E-state index contributed by atoms with van der Waals surface area (Å²) < 4.78 is 25.6. The number of hydrogen-bond acceptors (Lipinski definition) is 4. The molecule has 0 bridgehead atoms. The van der Waals surface area contributed by atoms with Crippen LogP contribution in [0.5, 0.6) is 0 Å². The second-order valence-electron chi connectivity index (χ2n) is 3.71. The summed E-state index contributed by atoms with van der Waals surface area (Å²) in [6.07, 6.45) is 0.682. The van der Waals surface area contributed by atoms with Gasteiger partial charge in [-0.1, -0.05) is 6.92 Å². The smallest absolute Gasteiger partial charge is 0.347 e. The van der Waals surface area contributed by atoms with Crippen molar-refractivity contribution in [3.63, 3.8) is 0 Å². The van der Waals surface area contributed by atoms with Crippen LogP contribution in [0.2, 0.25) is 0 Å². The maximum absolute atomic E-state index is 12.2. The van der Waals surface area contributed by atoms with Gasteiger partial charge in [0.1, 0.15) is 9.77 Å². The molecule has 1 N–H and O–H groups in total. The first-order valence-electron chi connectivity index (χ1n) is 5.10. The Morgan fingerprint density at radius 1 is 1.53 bits per heavy atom. The molecule has 0 spiro atoms. The van der Waals surface area contributed by atoms with Gasteiger partial charge in [0.2, 0.25) is 10.0 Å². The molecule has 0 aliphatic rings. The van der Waals surface area contributed by atoms with E-state index in [1.54, 1.807) is 12.3 Å². The highest BCUT2D eigenvalue weighted by Gasteiger charge is 2.29. The van der Waals surface area contributed by atoms with E-state index >= 15 is 0 Å². The molecule has 0 atom stereocenters. The number of rotatable bonds is 5. The molecule has 0 fully saturated rings. The molecule has 1 aromatic rings. The molecule has 1 heterocycles. The molecule has 0 amide bonds. The third-order valence-corrected chi connectivity index (χ3v) is 5.58. The van der Waals surface area contributed by atoms with E-state index in [2.05, 4.69) is 0 Å². The lowest BCUT2D eigenvalue weighted by Gasteiger charge is -2.16. The number of sulfonamides is 1. The largest absolute Gasteiger partial charge is 0.477 e. The Balaban J connectivity index is 3.33. The zero-order valence-electron chi connectivity index (χ0n) is 9.93. The molecule has 0 aromatic carbocycles. The molecule has 0 aliphatic heterocycles. The van der Waals surface area contributed by atoms with Crippen molar-refractivity contribution in [2.24, 2.45) is 0 Å². The number of hydrogen-bond donors (Lipinski definition) is 1. The van der Waals surface area contributed by atoms with Crippen LogP contribution in [0.25, 0.3) is 0 Å². The van der Waals surface area contributed by atoms with Crippen LogP contribution in [-0.2, 0) is 10.0 Å². The topological polar surface area (TPSA) is 74.7 Å². The van der Waals surface area contributed by atoms with Crippen molar-refractivity contribution in [1.82, 2.24) is 4.31 Å². The van der Waals surface area contributed by atoms with Crippen molar-refractivity contribution in [3.05, 3.63) is 15.8 Å². The second kappa shape index (κ2) is 5.16. The van der Waals surface area contributed by atoms with E-state index < -0.39 is 16.0 Å². The number of aryl methyl sites for hydroxylation is 1. The molecule has 5 nitrogen and oxygen atoms in total. The first-order valence-corrected chi connectivity index (χ1v) is 7.42. The van der Waals surface area contributed by atoms with E-state index in [0.29, 0.717) is 18.5 Å².